The smallest absolute Gasteiger partial charge is 0.293 e. The Hall–Kier alpha value is -3.74. The summed E-state index contributed by atoms with van der Waals surface area (Å²) in [6.45, 7) is -0.177. The summed E-state index contributed by atoms with van der Waals surface area (Å²) in [6.07, 6.45) is 4.71. The number of benzene rings is 2. The summed E-state index contributed by atoms with van der Waals surface area (Å²) in [6, 6.07) is 12.0. The van der Waals surface area contributed by atoms with Crippen LogP contribution in [0.15, 0.2) is 76.8 Å². The fourth-order valence-corrected chi connectivity index (χ4v) is 5.76. The lowest BCUT2D eigenvalue weighted by Crippen LogP contribution is -2.37. The van der Waals surface area contributed by atoms with Crippen molar-refractivity contribution >= 4 is 62.2 Å². The van der Waals surface area contributed by atoms with Crippen LogP contribution in [0.2, 0.25) is 5.02 Å². The van der Waals surface area contributed by atoms with Crippen LogP contribution in [-0.4, -0.2) is 55.5 Å². The Balaban J connectivity index is 1.43. The van der Waals surface area contributed by atoms with Gasteiger partial charge in [0.15, 0.2) is 0 Å². The molecule has 2 aromatic carbocycles. The summed E-state index contributed by atoms with van der Waals surface area (Å²) >= 11 is 6.94. The Morgan fingerprint density at radius 2 is 1.92 bits per heavy atom. The Kier molecular flexibility index (Phi) is 8.14. The minimum atomic E-state index is -4.10. The lowest BCUT2D eigenvalue weighted by atomic mass is 10.2. The first-order chi connectivity index (χ1) is 18.1. The maximum Gasteiger partial charge on any atom is 0.293 e. The predicted molar refractivity (Wildman–Crippen MR) is 143 cm³/mol. The maximum atomic E-state index is 13.2. The van der Waals surface area contributed by atoms with E-state index in [-0.39, 0.29) is 39.2 Å². The molecule has 4 rings (SSSR count). The SMILES string of the molecule is CN(c1ccc(F)cc1)S(=O)(=O)c1ccc(Cl)c(C(=O)NCCN2C(=O)SC(=Cc3cccnc3)C2=O)c1. The van der Waals surface area contributed by atoms with E-state index in [9.17, 15) is 27.2 Å². The van der Waals surface area contributed by atoms with Gasteiger partial charge in [0.2, 0.25) is 0 Å². The molecule has 0 atom stereocenters. The molecule has 0 radical (unpaired) electrons. The van der Waals surface area contributed by atoms with E-state index in [1.165, 1.54) is 31.3 Å². The molecule has 0 saturated carbocycles. The Morgan fingerprint density at radius 3 is 2.61 bits per heavy atom. The number of imide groups is 1. The number of thioether (sulfide) groups is 1. The van der Waals surface area contributed by atoms with Gasteiger partial charge in [0.05, 0.1) is 26.1 Å². The number of anilines is 1. The van der Waals surface area contributed by atoms with E-state index in [1.807, 2.05) is 0 Å². The zero-order valence-electron chi connectivity index (χ0n) is 19.8. The molecule has 1 saturated heterocycles. The van der Waals surface area contributed by atoms with Crippen LogP contribution in [0.5, 0.6) is 0 Å². The van der Waals surface area contributed by atoms with E-state index < -0.39 is 32.9 Å². The number of sulfonamides is 1. The molecule has 9 nitrogen and oxygen atoms in total. The molecule has 0 spiro atoms. The maximum absolute atomic E-state index is 13.2. The van der Waals surface area contributed by atoms with Crippen molar-refractivity contribution in [2.45, 2.75) is 4.90 Å². The summed E-state index contributed by atoms with van der Waals surface area (Å²) in [5, 5.41) is 2.09. The van der Waals surface area contributed by atoms with Crippen molar-refractivity contribution in [3.8, 4) is 0 Å². The van der Waals surface area contributed by atoms with Crippen molar-refractivity contribution < 1.29 is 27.2 Å². The fraction of sp³-hybridized carbons (Fsp3) is 0.120. The molecule has 3 aromatic rings. The van der Waals surface area contributed by atoms with Crippen molar-refractivity contribution in [2.75, 3.05) is 24.4 Å². The number of rotatable bonds is 8. The molecule has 0 aliphatic carbocycles. The molecule has 1 aromatic heterocycles. The molecule has 2 heterocycles. The van der Waals surface area contributed by atoms with Gasteiger partial charge in [0.25, 0.3) is 27.1 Å². The predicted octanol–water partition coefficient (Wildman–Crippen LogP) is 4.17. The van der Waals surface area contributed by atoms with Gasteiger partial charge in [-0.05, 0) is 71.9 Å². The summed E-state index contributed by atoms with van der Waals surface area (Å²) in [4.78, 5) is 42.8. The molecule has 1 fully saturated rings. The number of nitrogens with zero attached hydrogens (tertiary/aromatic N) is 3. The Labute approximate surface area is 227 Å². The van der Waals surface area contributed by atoms with Gasteiger partial charge in [0.1, 0.15) is 5.82 Å². The number of hydrogen-bond donors (Lipinski definition) is 1. The third-order valence-corrected chi connectivity index (χ3v) is 8.53. The number of carbonyl (C=O) groups is 3. The van der Waals surface area contributed by atoms with E-state index >= 15 is 0 Å². The van der Waals surface area contributed by atoms with Gasteiger partial charge in [-0.15, -0.1) is 0 Å². The molecule has 13 heteroatoms. The average Bonchev–Trinajstić information content (AvgIpc) is 3.16. The van der Waals surface area contributed by atoms with Gasteiger partial charge in [-0.25, -0.2) is 12.8 Å². The van der Waals surface area contributed by atoms with Crippen LogP contribution >= 0.6 is 23.4 Å². The normalized spacial score (nSPS) is 14.7. The number of amides is 3. The first-order valence-corrected chi connectivity index (χ1v) is 13.7. The van der Waals surface area contributed by atoms with Gasteiger partial charge >= 0.3 is 0 Å². The minimum Gasteiger partial charge on any atom is -0.350 e. The highest BCUT2D eigenvalue weighted by molar-refractivity contribution is 8.18. The van der Waals surface area contributed by atoms with Gasteiger partial charge in [-0.2, -0.15) is 0 Å². The van der Waals surface area contributed by atoms with Crippen LogP contribution in [0.4, 0.5) is 14.9 Å². The molecule has 1 aliphatic heterocycles. The Morgan fingerprint density at radius 1 is 1.18 bits per heavy atom. The van der Waals surface area contributed by atoms with E-state index in [4.69, 9.17) is 11.6 Å². The number of pyridine rings is 1. The zero-order valence-corrected chi connectivity index (χ0v) is 22.2. The highest BCUT2D eigenvalue weighted by Gasteiger charge is 2.34. The molecule has 0 unspecified atom stereocenters. The summed E-state index contributed by atoms with van der Waals surface area (Å²) in [5.74, 6) is -1.69. The van der Waals surface area contributed by atoms with Gasteiger partial charge in [0, 0.05) is 32.5 Å². The van der Waals surface area contributed by atoms with Crippen LogP contribution < -0.4 is 9.62 Å². The number of carbonyl (C=O) groups excluding carboxylic acids is 3. The van der Waals surface area contributed by atoms with Gasteiger partial charge in [-0.3, -0.25) is 28.6 Å². The quantitative estimate of drug-likeness (QED) is 0.401. The van der Waals surface area contributed by atoms with E-state index in [1.54, 1.807) is 30.6 Å². The molecule has 196 valence electrons. The summed E-state index contributed by atoms with van der Waals surface area (Å²) in [7, 11) is -2.79. The number of aromatic nitrogens is 1. The van der Waals surface area contributed by atoms with Crippen LogP contribution in [0.1, 0.15) is 15.9 Å². The molecule has 0 bridgehead atoms. The van der Waals surface area contributed by atoms with Crippen LogP contribution in [-0.2, 0) is 14.8 Å². The second kappa shape index (κ2) is 11.3. The Bertz CT molecular complexity index is 1530. The summed E-state index contributed by atoms with van der Waals surface area (Å²) < 4.78 is 40.4. The third-order valence-electron chi connectivity index (χ3n) is 5.51. The van der Waals surface area contributed by atoms with E-state index in [2.05, 4.69) is 10.3 Å². The minimum absolute atomic E-state index is 0.0106. The molecular formula is C25H20ClFN4O5S2. The van der Waals surface area contributed by atoms with Gasteiger partial charge in [-0.1, -0.05) is 17.7 Å². The average molecular weight is 575 g/mol. The second-order valence-electron chi connectivity index (χ2n) is 7.97. The molecular weight excluding hydrogens is 555 g/mol. The van der Waals surface area contributed by atoms with Crippen LogP contribution in [0, 0.1) is 5.82 Å². The van der Waals surface area contributed by atoms with Crippen molar-refractivity contribution in [1.82, 2.24) is 15.2 Å². The van der Waals surface area contributed by atoms with Crippen LogP contribution in [0.25, 0.3) is 6.08 Å². The lowest BCUT2D eigenvalue weighted by Gasteiger charge is -2.20. The van der Waals surface area contributed by atoms with Crippen LogP contribution in [0.3, 0.4) is 0 Å². The van der Waals surface area contributed by atoms with E-state index in [0.717, 1.165) is 39.2 Å². The highest BCUT2D eigenvalue weighted by atomic mass is 35.5. The van der Waals surface area contributed by atoms with Gasteiger partial charge < -0.3 is 5.32 Å². The largest absolute Gasteiger partial charge is 0.350 e. The lowest BCUT2D eigenvalue weighted by molar-refractivity contribution is -0.122. The van der Waals surface area contributed by atoms with Crippen molar-refractivity contribution in [2.24, 2.45) is 0 Å². The first kappa shape index (κ1) is 27.3. The standard InChI is InChI=1S/C25H20ClFN4O5S2/c1-30(18-6-4-17(27)5-7-18)38(35,36)19-8-9-21(26)20(14-19)23(32)29-11-12-31-24(33)22(37-25(31)34)13-16-3-2-10-28-15-16/h2-10,13-15H,11-12H2,1H3,(H,29,32). The van der Waals surface area contributed by atoms with Crippen molar-refractivity contribution in [3.05, 3.63) is 93.9 Å². The molecule has 38 heavy (non-hydrogen) atoms. The number of hydrogen-bond acceptors (Lipinski definition) is 7. The first-order valence-electron chi connectivity index (χ1n) is 11.1. The number of nitrogens with one attached hydrogen (secondary N) is 1. The summed E-state index contributed by atoms with van der Waals surface area (Å²) in [5.41, 5.74) is 0.786. The number of halogens is 2. The zero-order chi connectivity index (χ0) is 27.4. The fourth-order valence-electron chi connectivity index (χ4n) is 3.47. The monoisotopic (exact) mass is 574 g/mol. The molecule has 1 aliphatic rings. The highest BCUT2D eigenvalue weighted by Crippen LogP contribution is 2.32. The molecule has 3 amide bonds. The topological polar surface area (TPSA) is 117 Å². The van der Waals surface area contributed by atoms with Crippen molar-refractivity contribution in [3.63, 3.8) is 0 Å². The third kappa shape index (κ3) is 5.87. The van der Waals surface area contributed by atoms with E-state index in [0.29, 0.717) is 5.56 Å². The molecule has 1 N–H and O–H groups in total. The van der Waals surface area contributed by atoms with Crippen molar-refractivity contribution in [1.29, 1.82) is 0 Å². The second-order valence-corrected chi connectivity index (χ2v) is 11.3.